The van der Waals surface area contributed by atoms with Crippen LogP contribution in [0.4, 0.5) is 4.39 Å². The number of rotatable bonds is 9. The molecule has 2 amide bonds. The van der Waals surface area contributed by atoms with Gasteiger partial charge in [0.15, 0.2) is 0 Å². The van der Waals surface area contributed by atoms with Gasteiger partial charge in [-0.25, -0.2) is 4.39 Å². The number of nitrogens with one attached hydrogen (secondary N) is 1. The van der Waals surface area contributed by atoms with E-state index >= 15 is 0 Å². The summed E-state index contributed by atoms with van der Waals surface area (Å²) in [6, 6.07) is 13.3. The van der Waals surface area contributed by atoms with Gasteiger partial charge in [-0.3, -0.25) is 9.59 Å². The molecular weight excluding hydrogens is 379 g/mol. The van der Waals surface area contributed by atoms with E-state index in [2.05, 4.69) is 5.32 Å². The Morgan fingerprint density at radius 3 is 2.46 bits per heavy atom. The van der Waals surface area contributed by atoms with E-state index in [9.17, 15) is 14.0 Å². The highest BCUT2D eigenvalue weighted by Crippen LogP contribution is 2.19. The van der Waals surface area contributed by atoms with Gasteiger partial charge in [0.05, 0.1) is 12.9 Å². The van der Waals surface area contributed by atoms with Crippen molar-refractivity contribution in [3.63, 3.8) is 0 Å². The van der Waals surface area contributed by atoms with Gasteiger partial charge in [-0.2, -0.15) is 0 Å². The van der Waals surface area contributed by atoms with E-state index in [0.29, 0.717) is 17.9 Å². The van der Waals surface area contributed by atoms with Crippen molar-refractivity contribution in [2.45, 2.75) is 25.3 Å². The van der Waals surface area contributed by atoms with E-state index in [1.54, 1.807) is 39.3 Å². The predicted molar refractivity (Wildman–Crippen MR) is 110 cm³/mol. The quantitative estimate of drug-likeness (QED) is 0.697. The van der Waals surface area contributed by atoms with Gasteiger partial charge in [0.2, 0.25) is 11.8 Å². The average molecular weight is 405 g/mol. The highest BCUT2D eigenvalue weighted by Gasteiger charge is 2.25. The molecule has 1 atom stereocenters. The summed E-state index contributed by atoms with van der Waals surface area (Å²) in [5, 5.41) is 2.58. The molecule has 0 bridgehead atoms. The SMILES string of the molecule is CNC(=O)[C@@H](C)N(Cc1ccc(OC)cc1)C(=O)CSCc1ccccc1F. The van der Waals surface area contributed by atoms with Crippen LogP contribution < -0.4 is 10.1 Å². The first kappa shape index (κ1) is 21.8. The first-order valence-electron chi connectivity index (χ1n) is 8.91. The van der Waals surface area contributed by atoms with Crippen LogP contribution >= 0.6 is 11.8 Å². The van der Waals surface area contributed by atoms with Crippen LogP contribution in [0.25, 0.3) is 0 Å². The lowest BCUT2D eigenvalue weighted by molar-refractivity contribution is -0.138. The minimum atomic E-state index is -0.617. The zero-order valence-corrected chi connectivity index (χ0v) is 17.1. The van der Waals surface area contributed by atoms with Gasteiger partial charge < -0.3 is 15.0 Å². The number of ether oxygens (including phenoxy) is 1. The summed E-state index contributed by atoms with van der Waals surface area (Å²) in [7, 11) is 3.13. The number of hydrogen-bond donors (Lipinski definition) is 1. The molecule has 0 radical (unpaired) electrons. The Morgan fingerprint density at radius 1 is 1.18 bits per heavy atom. The third-order valence-corrected chi connectivity index (χ3v) is 5.33. The molecule has 2 rings (SSSR count). The van der Waals surface area contributed by atoms with Crippen LogP contribution in [0.2, 0.25) is 0 Å². The van der Waals surface area contributed by atoms with Gasteiger partial charge in [-0.05, 0) is 36.2 Å². The second-order valence-electron chi connectivity index (χ2n) is 6.24. The molecule has 0 aromatic heterocycles. The van der Waals surface area contributed by atoms with Crippen molar-refractivity contribution in [1.29, 1.82) is 0 Å². The van der Waals surface area contributed by atoms with E-state index in [1.165, 1.54) is 22.7 Å². The largest absolute Gasteiger partial charge is 0.497 e. The Kier molecular flexibility index (Phi) is 8.32. The summed E-state index contributed by atoms with van der Waals surface area (Å²) in [6.07, 6.45) is 0. The molecule has 0 spiro atoms. The Balaban J connectivity index is 2.05. The van der Waals surface area contributed by atoms with Gasteiger partial charge >= 0.3 is 0 Å². The maximum atomic E-state index is 13.7. The number of carbonyl (C=O) groups excluding carboxylic acids is 2. The average Bonchev–Trinajstić information content (AvgIpc) is 2.72. The number of amides is 2. The predicted octanol–water partition coefficient (Wildman–Crippen LogP) is 3.23. The van der Waals surface area contributed by atoms with Crippen LogP contribution in [0.15, 0.2) is 48.5 Å². The smallest absolute Gasteiger partial charge is 0.242 e. The fourth-order valence-corrected chi connectivity index (χ4v) is 3.56. The molecule has 28 heavy (non-hydrogen) atoms. The molecule has 150 valence electrons. The lowest BCUT2D eigenvalue weighted by atomic mass is 10.1. The van der Waals surface area contributed by atoms with Crippen LogP contribution in [-0.4, -0.2) is 42.7 Å². The Hall–Kier alpha value is -2.54. The van der Waals surface area contributed by atoms with Gasteiger partial charge in [-0.15, -0.1) is 11.8 Å². The summed E-state index contributed by atoms with van der Waals surface area (Å²) < 4.78 is 18.9. The number of likely N-dealkylation sites (N-methyl/N-ethyl adjacent to an activating group) is 1. The number of nitrogens with zero attached hydrogens (tertiary/aromatic N) is 1. The number of hydrogen-bond acceptors (Lipinski definition) is 4. The molecule has 2 aromatic carbocycles. The van der Waals surface area contributed by atoms with E-state index in [0.717, 1.165) is 11.3 Å². The van der Waals surface area contributed by atoms with Crippen LogP contribution in [0.3, 0.4) is 0 Å². The second kappa shape index (κ2) is 10.7. The highest BCUT2D eigenvalue weighted by atomic mass is 32.2. The van der Waals surface area contributed by atoms with Gasteiger partial charge in [0.1, 0.15) is 17.6 Å². The highest BCUT2D eigenvalue weighted by molar-refractivity contribution is 7.99. The summed E-state index contributed by atoms with van der Waals surface area (Å²) in [6.45, 7) is 2.00. The van der Waals surface area contributed by atoms with E-state index in [4.69, 9.17) is 4.74 Å². The van der Waals surface area contributed by atoms with Crippen LogP contribution in [0, 0.1) is 5.82 Å². The van der Waals surface area contributed by atoms with Crippen molar-refractivity contribution < 1.29 is 18.7 Å². The van der Waals surface area contributed by atoms with Crippen molar-refractivity contribution in [2.75, 3.05) is 19.9 Å². The first-order valence-corrected chi connectivity index (χ1v) is 10.1. The van der Waals surface area contributed by atoms with Crippen LogP contribution in [0.5, 0.6) is 5.75 Å². The molecule has 0 unspecified atom stereocenters. The first-order chi connectivity index (χ1) is 13.5. The van der Waals surface area contributed by atoms with Crippen LogP contribution in [-0.2, 0) is 21.9 Å². The lowest BCUT2D eigenvalue weighted by Gasteiger charge is -2.28. The number of benzene rings is 2. The minimum Gasteiger partial charge on any atom is -0.497 e. The maximum absolute atomic E-state index is 13.7. The number of carbonyl (C=O) groups is 2. The fraction of sp³-hybridized carbons (Fsp3) is 0.333. The minimum absolute atomic E-state index is 0.159. The Morgan fingerprint density at radius 2 is 1.86 bits per heavy atom. The third-order valence-electron chi connectivity index (χ3n) is 4.37. The van der Waals surface area contributed by atoms with Gasteiger partial charge in [-0.1, -0.05) is 30.3 Å². The van der Waals surface area contributed by atoms with Gasteiger partial charge in [0, 0.05) is 19.3 Å². The number of thioether (sulfide) groups is 1. The molecule has 0 aliphatic carbocycles. The molecule has 5 nitrogen and oxygen atoms in total. The molecule has 7 heteroatoms. The second-order valence-corrected chi connectivity index (χ2v) is 7.23. The summed E-state index contributed by atoms with van der Waals surface area (Å²) in [5.41, 5.74) is 1.45. The van der Waals surface area contributed by atoms with Crippen molar-refractivity contribution in [1.82, 2.24) is 10.2 Å². The van der Waals surface area contributed by atoms with E-state index in [1.807, 2.05) is 24.3 Å². The maximum Gasteiger partial charge on any atom is 0.242 e. The molecule has 0 saturated carbocycles. The topological polar surface area (TPSA) is 58.6 Å². The monoisotopic (exact) mass is 404 g/mol. The Labute approximate surface area is 169 Å². The van der Waals surface area contributed by atoms with Crippen LogP contribution in [0.1, 0.15) is 18.1 Å². The molecule has 1 N–H and O–H groups in total. The Bertz CT molecular complexity index is 798. The summed E-state index contributed by atoms with van der Waals surface area (Å²) >= 11 is 1.33. The van der Waals surface area contributed by atoms with Crippen molar-refractivity contribution in [3.05, 3.63) is 65.5 Å². The molecular formula is C21H25FN2O3S. The molecule has 0 heterocycles. The van der Waals surface area contributed by atoms with E-state index in [-0.39, 0.29) is 23.4 Å². The molecule has 0 aliphatic heterocycles. The molecule has 0 saturated heterocycles. The van der Waals surface area contributed by atoms with Crippen molar-refractivity contribution >= 4 is 23.6 Å². The third kappa shape index (κ3) is 5.99. The summed E-state index contributed by atoms with van der Waals surface area (Å²) in [5.74, 6) is 0.585. The van der Waals surface area contributed by atoms with Gasteiger partial charge in [0.25, 0.3) is 0 Å². The van der Waals surface area contributed by atoms with Crippen molar-refractivity contribution in [3.8, 4) is 5.75 Å². The molecule has 0 aliphatic rings. The van der Waals surface area contributed by atoms with E-state index < -0.39 is 6.04 Å². The molecule has 0 fully saturated rings. The lowest BCUT2D eigenvalue weighted by Crippen LogP contribution is -2.47. The zero-order valence-electron chi connectivity index (χ0n) is 16.3. The normalized spacial score (nSPS) is 11.6. The summed E-state index contributed by atoms with van der Waals surface area (Å²) in [4.78, 5) is 26.5. The fourth-order valence-electron chi connectivity index (χ4n) is 2.67. The zero-order chi connectivity index (χ0) is 20.5. The standard InChI is InChI=1S/C21H25FN2O3S/c1-15(21(26)23-2)24(12-16-8-10-18(27-3)11-9-16)20(25)14-28-13-17-6-4-5-7-19(17)22/h4-11,15H,12-14H2,1-3H3,(H,23,26)/t15-/m1/s1. The number of halogens is 1. The number of methoxy groups -OCH3 is 1. The molecule has 2 aromatic rings. The van der Waals surface area contributed by atoms with Crippen molar-refractivity contribution in [2.24, 2.45) is 0 Å².